The Labute approximate surface area is 135 Å². The minimum absolute atomic E-state index is 0.115. The largest absolute Gasteiger partial charge is 0.396 e. The molecule has 0 spiro atoms. The molecule has 122 valence electrons. The van der Waals surface area contributed by atoms with E-state index in [4.69, 9.17) is 4.84 Å². The summed E-state index contributed by atoms with van der Waals surface area (Å²) in [5.41, 5.74) is 0. The molecular weight excluding hydrogens is 302 g/mol. The first kappa shape index (κ1) is 17.2. The average Bonchev–Trinajstić information content (AvgIpc) is 3.27. The molecule has 0 amide bonds. The Bertz CT molecular complexity index is 467. The van der Waals surface area contributed by atoms with Crippen molar-refractivity contribution in [3.8, 4) is 0 Å². The number of hydrogen-bond acceptors (Lipinski definition) is 6. The smallest absolute Gasteiger partial charge is 0.151 e. The van der Waals surface area contributed by atoms with Crippen LogP contribution in [0.5, 0.6) is 0 Å². The fraction of sp³-hybridized carbons (Fsp3) is 0.750. The molecule has 0 atom stereocenters. The maximum Gasteiger partial charge on any atom is 0.151 e. The number of oxime groups is 1. The van der Waals surface area contributed by atoms with Crippen LogP contribution in [0.15, 0.2) is 5.16 Å². The topological polar surface area (TPSA) is 72.8 Å². The quantitative estimate of drug-likeness (QED) is 0.389. The predicted molar refractivity (Wildman–Crippen MR) is 86.1 cm³/mol. The molecule has 2 fully saturated rings. The van der Waals surface area contributed by atoms with E-state index in [0.29, 0.717) is 25.9 Å². The molecule has 0 radical (unpaired) electrons. The maximum atomic E-state index is 12.3. The fourth-order valence-corrected chi connectivity index (χ4v) is 4.15. The third kappa shape index (κ3) is 3.77. The summed E-state index contributed by atoms with van der Waals surface area (Å²) in [7, 11) is 0. The van der Waals surface area contributed by atoms with Crippen LogP contribution < -0.4 is 0 Å². The number of carbonyl (C=O) groups is 3. The molecule has 0 heterocycles. The van der Waals surface area contributed by atoms with Crippen molar-refractivity contribution < 1.29 is 19.2 Å². The van der Waals surface area contributed by atoms with E-state index in [1.165, 1.54) is 6.21 Å². The Kier molecular flexibility index (Phi) is 5.78. The highest BCUT2D eigenvalue weighted by molar-refractivity contribution is 8.00. The maximum absolute atomic E-state index is 12.3. The third-order valence-electron chi connectivity index (χ3n) is 4.55. The second-order valence-corrected chi connectivity index (χ2v) is 7.17. The lowest BCUT2D eigenvalue weighted by molar-refractivity contribution is -0.143. The number of carbonyl (C=O) groups excluding carboxylic acids is 3. The average molecular weight is 325 g/mol. The van der Waals surface area contributed by atoms with Crippen LogP contribution >= 0.6 is 11.8 Å². The Morgan fingerprint density at radius 1 is 1.36 bits per heavy atom. The summed E-state index contributed by atoms with van der Waals surface area (Å²) in [4.78, 5) is 41.5. The first-order valence-electron chi connectivity index (χ1n) is 7.81. The normalized spacial score (nSPS) is 27.2. The zero-order valence-corrected chi connectivity index (χ0v) is 14.0. The lowest BCUT2D eigenvalue weighted by Crippen LogP contribution is -2.41. The van der Waals surface area contributed by atoms with Gasteiger partial charge in [-0.1, -0.05) is 5.16 Å². The van der Waals surface area contributed by atoms with Crippen LogP contribution in [0.3, 0.4) is 0 Å². The molecule has 6 heteroatoms. The number of thioether (sulfide) groups is 1. The van der Waals surface area contributed by atoms with Crippen molar-refractivity contribution in [1.29, 1.82) is 0 Å². The molecule has 5 nitrogen and oxygen atoms in total. The molecule has 0 aromatic rings. The minimum Gasteiger partial charge on any atom is -0.396 e. The lowest BCUT2D eigenvalue weighted by atomic mass is 9.75. The van der Waals surface area contributed by atoms with Gasteiger partial charge < -0.3 is 4.84 Å². The summed E-state index contributed by atoms with van der Waals surface area (Å²) in [6.07, 6.45) is 7.00. The van der Waals surface area contributed by atoms with Crippen LogP contribution in [-0.2, 0) is 19.2 Å². The first-order chi connectivity index (χ1) is 10.5. The number of ketones is 3. The Balaban J connectivity index is 1.88. The van der Waals surface area contributed by atoms with Gasteiger partial charge in [0.1, 0.15) is 12.5 Å². The van der Waals surface area contributed by atoms with Gasteiger partial charge in [-0.25, -0.2) is 0 Å². The van der Waals surface area contributed by atoms with Gasteiger partial charge in [-0.15, -0.1) is 0 Å². The second kappa shape index (κ2) is 7.40. The predicted octanol–water partition coefficient (Wildman–Crippen LogP) is 2.42. The molecule has 0 aromatic carbocycles. The van der Waals surface area contributed by atoms with Crippen LogP contribution in [0.2, 0.25) is 0 Å². The monoisotopic (exact) mass is 325 g/mol. The van der Waals surface area contributed by atoms with E-state index >= 15 is 0 Å². The van der Waals surface area contributed by atoms with E-state index in [1.54, 1.807) is 11.8 Å². The minimum atomic E-state index is -1.03. The fourth-order valence-electron chi connectivity index (χ4n) is 3.14. The summed E-state index contributed by atoms with van der Waals surface area (Å²) >= 11 is 1.76. The Morgan fingerprint density at radius 2 is 2.00 bits per heavy atom. The second-order valence-electron chi connectivity index (χ2n) is 5.95. The summed E-state index contributed by atoms with van der Waals surface area (Å²) in [5, 5.41) is 3.66. The first-order valence-corrected chi connectivity index (χ1v) is 9.03. The molecule has 0 unspecified atom stereocenters. The van der Waals surface area contributed by atoms with Gasteiger partial charge in [-0.05, 0) is 38.4 Å². The highest BCUT2D eigenvalue weighted by Gasteiger charge is 2.53. The third-order valence-corrected chi connectivity index (χ3v) is 6.11. The molecular formula is C16H23NO4S. The van der Waals surface area contributed by atoms with Gasteiger partial charge in [-0.3, -0.25) is 14.4 Å². The molecule has 2 rings (SSSR count). The van der Waals surface area contributed by atoms with Crippen molar-refractivity contribution in [3.63, 3.8) is 0 Å². The van der Waals surface area contributed by atoms with Gasteiger partial charge in [0.15, 0.2) is 17.3 Å². The Hall–Kier alpha value is -1.17. The number of rotatable bonds is 8. The number of nitrogens with zero attached hydrogens (tertiary/aromatic N) is 1. The summed E-state index contributed by atoms with van der Waals surface area (Å²) in [5.74, 6) is -1.56. The van der Waals surface area contributed by atoms with E-state index in [0.717, 1.165) is 12.8 Å². The standard InChI is InChI=1S/C16H23NO4S/c1-3-21-17-8-4-5-12(18)15-13(19)9-11(10-14(15)20)16(22-2)6-7-16/h8,11,15H,3-7,9-10H2,1-2H3. The van der Waals surface area contributed by atoms with Crippen molar-refractivity contribution in [2.24, 2.45) is 17.0 Å². The zero-order chi connectivity index (χ0) is 16.2. The van der Waals surface area contributed by atoms with Gasteiger partial charge in [0.05, 0.1) is 0 Å². The Morgan fingerprint density at radius 3 is 2.50 bits per heavy atom. The molecule has 2 saturated carbocycles. The van der Waals surface area contributed by atoms with E-state index in [2.05, 4.69) is 5.16 Å². The van der Waals surface area contributed by atoms with Crippen molar-refractivity contribution in [1.82, 2.24) is 0 Å². The highest BCUT2D eigenvalue weighted by Crippen LogP contribution is 2.56. The van der Waals surface area contributed by atoms with Gasteiger partial charge >= 0.3 is 0 Å². The SMILES string of the molecule is CCON=CCCC(=O)C1C(=O)CC(C2(SC)CC2)CC1=O. The molecule has 0 N–H and O–H groups in total. The van der Waals surface area contributed by atoms with Crippen LogP contribution in [0.4, 0.5) is 0 Å². The molecule has 0 saturated heterocycles. The summed E-state index contributed by atoms with van der Waals surface area (Å²) < 4.78 is 0.115. The van der Waals surface area contributed by atoms with Gasteiger partial charge in [-0.2, -0.15) is 11.8 Å². The van der Waals surface area contributed by atoms with Gasteiger partial charge in [0.2, 0.25) is 0 Å². The molecule has 22 heavy (non-hydrogen) atoms. The van der Waals surface area contributed by atoms with Crippen LogP contribution in [0.1, 0.15) is 45.4 Å². The molecule has 2 aliphatic rings. The van der Waals surface area contributed by atoms with Crippen molar-refractivity contribution in [2.75, 3.05) is 12.9 Å². The van der Waals surface area contributed by atoms with Gasteiger partial charge in [0, 0.05) is 30.2 Å². The van der Waals surface area contributed by atoms with Crippen LogP contribution in [0, 0.1) is 11.8 Å². The van der Waals surface area contributed by atoms with E-state index in [9.17, 15) is 14.4 Å². The lowest BCUT2D eigenvalue weighted by Gasteiger charge is -2.30. The molecule has 0 bridgehead atoms. The van der Waals surface area contributed by atoms with Gasteiger partial charge in [0.25, 0.3) is 0 Å². The summed E-state index contributed by atoms with van der Waals surface area (Å²) in [6.45, 7) is 2.29. The highest BCUT2D eigenvalue weighted by atomic mass is 32.2. The van der Waals surface area contributed by atoms with E-state index < -0.39 is 5.92 Å². The van der Waals surface area contributed by atoms with E-state index in [1.807, 2.05) is 13.2 Å². The zero-order valence-electron chi connectivity index (χ0n) is 13.2. The van der Waals surface area contributed by atoms with Crippen molar-refractivity contribution in [3.05, 3.63) is 0 Å². The van der Waals surface area contributed by atoms with Crippen LogP contribution in [-0.4, -0.2) is 41.2 Å². The molecule has 0 aromatic heterocycles. The number of Topliss-reactive ketones (excluding diaryl/α,β-unsaturated/α-hetero) is 3. The molecule has 0 aliphatic heterocycles. The number of hydrogen-bond donors (Lipinski definition) is 0. The summed E-state index contributed by atoms with van der Waals surface area (Å²) in [6, 6.07) is 0. The van der Waals surface area contributed by atoms with E-state index in [-0.39, 0.29) is 34.4 Å². The van der Waals surface area contributed by atoms with Crippen LogP contribution in [0.25, 0.3) is 0 Å². The molecule has 2 aliphatic carbocycles. The van der Waals surface area contributed by atoms with Crippen molar-refractivity contribution >= 4 is 35.3 Å². The van der Waals surface area contributed by atoms with Crippen molar-refractivity contribution in [2.45, 2.75) is 50.2 Å².